The molecular formula is C21H23N5O2S. The van der Waals surface area contributed by atoms with E-state index in [4.69, 9.17) is 5.26 Å². The number of H-pyrrole nitrogens is 1. The third-order valence-corrected chi connectivity index (χ3v) is 6.64. The van der Waals surface area contributed by atoms with E-state index in [2.05, 4.69) is 32.0 Å². The van der Waals surface area contributed by atoms with Crippen LogP contribution in [0.3, 0.4) is 0 Å². The van der Waals surface area contributed by atoms with E-state index in [0.717, 1.165) is 53.6 Å². The number of likely N-dealkylation sites (tertiary alicyclic amines) is 1. The number of nitrogens with zero attached hydrogens (tertiary/aromatic N) is 4. The number of aromatic amines is 1. The fraction of sp³-hybridized carbons (Fsp3) is 0.381. The molecule has 1 N–H and O–H groups in total. The van der Waals surface area contributed by atoms with Gasteiger partial charge in [0.25, 0.3) is 0 Å². The summed E-state index contributed by atoms with van der Waals surface area (Å²) in [5.74, 6) is -0.215. The monoisotopic (exact) mass is 409 g/mol. The van der Waals surface area contributed by atoms with Crippen molar-refractivity contribution in [3.05, 3.63) is 48.1 Å². The number of hydrogen-bond donors (Lipinski definition) is 1. The second-order valence-corrected chi connectivity index (χ2v) is 9.67. The number of nitrogens with one attached hydrogen (secondary N) is 1. The van der Waals surface area contributed by atoms with Gasteiger partial charge in [-0.15, -0.1) is 0 Å². The summed E-state index contributed by atoms with van der Waals surface area (Å²) in [6, 6.07) is 5.93. The average Bonchev–Trinajstić information content (AvgIpc) is 3.08. The molecule has 7 nitrogen and oxygen atoms in total. The molecule has 3 aromatic heterocycles. The van der Waals surface area contributed by atoms with E-state index in [1.165, 1.54) is 5.56 Å². The number of sulfone groups is 1. The van der Waals surface area contributed by atoms with Gasteiger partial charge in [-0.3, -0.25) is 4.98 Å². The normalized spacial score (nSPS) is 17.9. The summed E-state index contributed by atoms with van der Waals surface area (Å²) >= 11 is 0. The molecule has 0 saturated carbocycles. The van der Waals surface area contributed by atoms with Gasteiger partial charge in [-0.05, 0) is 43.7 Å². The molecule has 3 aromatic rings. The minimum atomic E-state index is -3.34. The van der Waals surface area contributed by atoms with Crippen LogP contribution in [-0.4, -0.2) is 52.9 Å². The van der Waals surface area contributed by atoms with E-state index in [1.54, 1.807) is 12.1 Å². The predicted molar refractivity (Wildman–Crippen MR) is 113 cm³/mol. The maximum absolute atomic E-state index is 11.7. The van der Waals surface area contributed by atoms with Crippen LogP contribution in [0.5, 0.6) is 0 Å². The Balaban J connectivity index is 1.61. The summed E-state index contributed by atoms with van der Waals surface area (Å²) in [7, 11) is -3.34. The Morgan fingerprint density at radius 1 is 1.41 bits per heavy atom. The summed E-state index contributed by atoms with van der Waals surface area (Å²) in [6.07, 6.45) is 9.28. The molecule has 0 spiro atoms. The lowest BCUT2D eigenvalue weighted by molar-refractivity contribution is 0.280. The molecule has 1 fully saturated rings. The quantitative estimate of drug-likeness (QED) is 0.695. The highest BCUT2D eigenvalue weighted by atomic mass is 32.2. The second-order valence-electron chi connectivity index (χ2n) is 7.56. The third kappa shape index (κ3) is 4.10. The van der Waals surface area contributed by atoms with Crippen molar-refractivity contribution in [1.82, 2.24) is 19.9 Å². The highest BCUT2D eigenvalue weighted by molar-refractivity contribution is 7.91. The molecule has 0 aromatic carbocycles. The number of aromatic nitrogens is 3. The number of nitriles is 1. The highest BCUT2D eigenvalue weighted by Crippen LogP contribution is 2.34. The van der Waals surface area contributed by atoms with Gasteiger partial charge in [0.1, 0.15) is 11.4 Å². The Kier molecular flexibility index (Phi) is 5.24. The second kappa shape index (κ2) is 7.84. The number of rotatable bonds is 5. The summed E-state index contributed by atoms with van der Waals surface area (Å²) in [5.41, 5.74) is 4.10. The Bertz CT molecular complexity index is 1220. The highest BCUT2D eigenvalue weighted by Gasteiger charge is 2.23. The molecule has 29 heavy (non-hydrogen) atoms. The van der Waals surface area contributed by atoms with Crippen molar-refractivity contribution in [2.24, 2.45) is 0 Å². The van der Waals surface area contributed by atoms with Crippen LogP contribution in [0.1, 0.15) is 30.0 Å². The molecular weight excluding hydrogens is 386 g/mol. The Labute approximate surface area is 170 Å². The SMILES string of the molecule is Cc1cc2c(ncc3nccc(C4CCCN(C=CCS(=O)(=O)CC#N)C4)c32)[nH]1. The maximum Gasteiger partial charge on any atom is 0.167 e. The van der Waals surface area contributed by atoms with Crippen LogP contribution in [0.25, 0.3) is 21.9 Å². The van der Waals surface area contributed by atoms with Crippen molar-refractivity contribution < 1.29 is 8.42 Å². The molecule has 8 heteroatoms. The lowest BCUT2D eigenvalue weighted by atomic mass is 9.88. The molecule has 0 radical (unpaired) electrons. The summed E-state index contributed by atoms with van der Waals surface area (Å²) in [4.78, 5) is 14.5. The topological polar surface area (TPSA) is 103 Å². The zero-order valence-corrected chi connectivity index (χ0v) is 17.1. The summed E-state index contributed by atoms with van der Waals surface area (Å²) in [5, 5.41) is 10.8. The van der Waals surface area contributed by atoms with Crippen LogP contribution in [0.4, 0.5) is 0 Å². The number of hydrogen-bond acceptors (Lipinski definition) is 6. The lowest BCUT2D eigenvalue weighted by Crippen LogP contribution is -2.30. The smallest absolute Gasteiger partial charge is 0.167 e. The van der Waals surface area contributed by atoms with Crippen LogP contribution in [0.15, 0.2) is 36.8 Å². The van der Waals surface area contributed by atoms with Crippen molar-refractivity contribution in [2.45, 2.75) is 25.7 Å². The van der Waals surface area contributed by atoms with Crippen LogP contribution >= 0.6 is 0 Å². The summed E-state index contributed by atoms with van der Waals surface area (Å²) < 4.78 is 23.4. The molecule has 0 amide bonds. The van der Waals surface area contributed by atoms with Crippen molar-refractivity contribution in [1.29, 1.82) is 5.26 Å². The number of piperidine rings is 1. The fourth-order valence-electron chi connectivity index (χ4n) is 4.11. The molecule has 150 valence electrons. The van der Waals surface area contributed by atoms with Gasteiger partial charge in [-0.2, -0.15) is 5.26 Å². The molecule has 1 aliphatic heterocycles. The van der Waals surface area contributed by atoms with Gasteiger partial charge in [0, 0.05) is 41.7 Å². The molecule has 4 heterocycles. The molecule has 1 atom stereocenters. The van der Waals surface area contributed by atoms with Gasteiger partial charge in [-0.1, -0.05) is 6.08 Å². The van der Waals surface area contributed by atoms with Gasteiger partial charge in [0.05, 0.1) is 23.5 Å². The first-order valence-corrected chi connectivity index (χ1v) is 11.5. The van der Waals surface area contributed by atoms with E-state index in [9.17, 15) is 8.42 Å². The molecule has 4 rings (SSSR count). The van der Waals surface area contributed by atoms with Crippen LogP contribution < -0.4 is 0 Å². The van der Waals surface area contributed by atoms with E-state index >= 15 is 0 Å². The first-order valence-electron chi connectivity index (χ1n) is 9.68. The Morgan fingerprint density at radius 2 is 2.28 bits per heavy atom. The van der Waals surface area contributed by atoms with Crippen molar-refractivity contribution in [3.63, 3.8) is 0 Å². The van der Waals surface area contributed by atoms with Crippen LogP contribution in [0.2, 0.25) is 0 Å². The zero-order valence-electron chi connectivity index (χ0n) is 16.3. The standard InChI is InChI=1S/C21H23N5O2S/c1-15-12-18-20-17(5-7-23-19(20)13-24-21(18)25-15)16-4-2-8-26(14-16)9-3-10-29(27,28)11-6-22/h3,5,7,9,12-13,16H,2,4,8,10-11,14H2,1H3,(H,24,25). The number of pyridine rings is 2. The molecule has 1 unspecified atom stereocenters. The van der Waals surface area contributed by atoms with E-state index in [-0.39, 0.29) is 5.75 Å². The average molecular weight is 410 g/mol. The van der Waals surface area contributed by atoms with Crippen molar-refractivity contribution in [2.75, 3.05) is 24.6 Å². The van der Waals surface area contributed by atoms with E-state index in [0.29, 0.717) is 5.92 Å². The minimum absolute atomic E-state index is 0.102. The van der Waals surface area contributed by atoms with Crippen LogP contribution in [-0.2, 0) is 9.84 Å². The number of aryl methyl sites for hydroxylation is 1. The van der Waals surface area contributed by atoms with E-state index < -0.39 is 15.6 Å². The first-order chi connectivity index (χ1) is 14.0. The van der Waals surface area contributed by atoms with Gasteiger partial charge in [0.2, 0.25) is 0 Å². The van der Waals surface area contributed by atoms with E-state index in [1.807, 2.05) is 25.5 Å². The molecule has 0 bridgehead atoms. The molecule has 1 aliphatic rings. The minimum Gasteiger partial charge on any atom is -0.377 e. The predicted octanol–water partition coefficient (Wildman–Crippen LogP) is 3.05. The van der Waals surface area contributed by atoms with Gasteiger partial charge in [0.15, 0.2) is 9.84 Å². The number of fused-ring (bicyclic) bond motifs is 3. The van der Waals surface area contributed by atoms with Crippen molar-refractivity contribution >= 4 is 31.8 Å². The Morgan fingerprint density at radius 3 is 3.10 bits per heavy atom. The van der Waals surface area contributed by atoms with Gasteiger partial charge < -0.3 is 9.88 Å². The lowest BCUT2D eigenvalue weighted by Gasteiger charge is -2.32. The summed E-state index contributed by atoms with van der Waals surface area (Å²) in [6.45, 7) is 3.74. The largest absolute Gasteiger partial charge is 0.377 e. The molecule has 0 aliphatic carbocycles. The fourth-order valence-corrected chi connectivity index (χ4v) is 4.80. The Hall–Kier alpha value is -2.92. The maximum atomic E-state index is 11.7. The molecule has 1 saturated heterocycles. The third-order valence-electron chi connectivity index (χ3n) is 5.37. The van der Waals surface area contributed by atoms with Gasteiger partial charge >= 0.3 is 0 Å². The first kappa shape index (κ1) is 19.4. The van der Waals surface area contributed by atoms with Crippen molar-refractivity contribution in [3.8, 4) is 6.07 Å². The van der Waals surface area contributed by atoms with Crippen LogP contribution in [0, 0.1) is 18.3 Å². The zero-order chi connectivity index (χ0) is 20.4. The van der Waals surface area contributed by atoms with Gasteiger partial charge in [-0.25, -0.2) is 13.4 Å².